The van der Waals surface area contributed by atoms with Crippen molar-refractivity contribution in [3.63, 3.8) is 0 Å². The number of anilines is 2. The zero-order chi connectivity index (χ0) is 16.7. The number of benzene rings is 1. The Bertz CT molecular complexity index is 861. The van der Waals surface area contributed by atoms with E-state index in [2.05, 4.69) is 35.6 Å². The first-order valence-corrected chi connectivity index (χ1v) is 9.11. The van der Waals surface area contributed by atoms with Gasteiger partial charge in [0.15, 0.2) is 10.9 Å². The minimum absolute atomic E-state index is 0.950. The fraction of sp³-hybridized carbons (Fsp3) is 0.389. The van der Waals surface area contributed by atoms with E-state index in [1.807, 2.05) is 24.3 Å². The highest BCUT2D eigenvalue weighted by molar-refractivity contribution is 7.15. The summed E-state index contributed by atoms with van der Waals surface area (Å²) in [4.78, 5) is 20.3. The van der Waals surface area contributed by atoms with E-state index in [0.29, 0.717) is 0 Å². The van der Waals surface area contributed by atoms with Crippen LogP contribution in [0.15, 0.2) is 24.3 Å². The normalized spacial score (nSPS) is 15.3. The number of nitrogens with zero attached hydrogens (tertiary/aromatic N) is 5. The van der Waals surface area contributed by atoms with Crippen LogP contribution >= 0.6 is 11.3 Å². The molecule has 1 aromatic carbocycles. The average molecular weight is 339 g/mol. The van der Waals surface area contributed by atoms with Gasteiger partial charge in [0.1, 0.15) is 0 Å². The second-order valence-electron chi connectivity index (χ2n) is 6.23. The van der Waals surface area contributed by atoms with Crippen molar-refractivity contribution in [2.75, 3.05) is 36.0 Å². The third-order valence-electron chi connectivity index (χ3n) is 4.59. The Morgan fingerprint density at radius 1 is 0.792 bits per heavy atom. The highest BCUT2D eigenvalue weighted by Gasteiger charge is 2.22. The van der Waals surface area contributed by atoms with E-state index in [9.17, 15) is 0 Å². The van der Waals surface area contributed by atoms with E-state index in [4.69, 9.17) is 9.97 Å². The summed E-state index contributed by atoms with van der Waals surface area (Å²) in [6, 6.07) is 8.07. The summed E-state index contributed by atoms with van der Waals surface area (Å²) in [5.41, 5.74) is 4.08. The van der Waals surface area contributed by atoms with Crippen LogP contribution in [0.3, 0.4) is 0 Å². The molecule has 0 radical (unpaired) electrons. The quantitative estimate of drug-likeness (QED) is 0.716. The molecule has 4 rings (SSSR count). The van der Waals surface area contributed by atoms with Crippen molar-refractivity contribution in [3.8, 4) is 0 Å². The highest BCUT2D eigenvalue weighted by Crippen LogP contribution is 2.27. The Kier molecular flexibility index (Phi) is 3.84. The number of hydrogen-bond acceptors (Lipinski definition) is 6. The molecule has 2 aromatic heterocycles. The van der Waals surface area contributed by atoms with Crippen molar-refractivity contribution >= 4 is 33.3 Å². The van der Waals surface area contributed by atoms with Gasteiger partial charge in [-0.1, -0.05) is 12.1 Å². The molecule has 124 valence electrons. The topological polar surface area (TPSA) is 45.2 Å². The lowest BCUT2D eigenvalue weighted by Gasteiger charge is -2.35. The van der Waals surface area contributed by atoms with Gasteiger partial charge in [0.2, 0.25) is 0 Å². The van der Waals surface area contributed by atoms with Gasteiger partial charge in [-0.3, -0.25) is 0 Å². The van der Waals surface area contributed by atoms with Crippen molar-refractivity contribution in [2.45, 2.75) is 20.8 Å². The van der Waals surface area contributed by atoms with Crippen molar-refractivity contribution in [2.24, 2.45) is 0 Å². The average Bonchev–Trinajstić information content (AvgIpc) is 2.93. The summed E-state index contributed by atoms with van der Waals surface area (Å²) in [5, 5.41) is 1.14. The SMILES string of the molecule is Cc1nc2ccccc2nc1N1CCN(c2nc(C)c(C)s2)CC1. The van der Waals surface area contributed by atoms with E-state index in [-0.39, 0.29) is 0 Å². The number of fused-ring (bicyclic) bond motifs is 1. The first-order chi connectivity index (χ1) is 11.6. The van der Waals surface area contributed by atoms with Crippen LogP contribution in [0, 0.1) is 20.8 Å². The molecule has 1 aliphatic rings. The molecule has 0 amide bonds. The Labute approximate surface area is 146 Å². The minimum Gasteiger partial charge on any atom is -0.352 e. The molecule has 0 N–H and O–H groups in total. The van der Waals surface area contributed by atoms with Gasteiger partial charge in [0, 0.05) is 31.1 Å². The fourth-order valence-corrected chi connectivity index (χ4v) is 4.04. The maximum atomic E-state index is 4.85. The summed E-state index contributed by atoms with van der Waals surface area (Å²) >= 11 is 1.79. The molecule has 1 aliphatic heterocycles. The lowest BCUT2D eigenvalue weighted by atomic mass is 10.2. The summed E-state index contributed by atoms with van der Waals surface area (Å²) in [7, 11) is 0. The number of hydrogen-bond donors (Lipinski definition) is 0. The van der Waals surface area contributed by atoms with Crippen LogP contribution in [0.2, 0.25) is 0 Å². The van der Waals surface area contributed by atoms with Crippen LogP contribution in [-0.4, -0.2) is 41.1 Å². The molecule has 5 nitrogen and oxygen atoms in total. The maximum Gasteiger partial charge on any atom is 0.185 e. The van der Waals surface area contributed by atoms with Gasteiger partial charge in [0.25, 0.3) is 0 Å². The van der Waals surface area contributed by atoms with Gasteiger partial charge in [-0.25, -0.2) is 15.0 Å². The van der Waals surface area contributed by atoms with Crippen LogP contribution in [0.4, 0.5) is 10.9 Å². The van der Waals surface area contributed by atoms with Crippen molar-refractivity contribution in [3.05, 3.63) is 40.5 Å². The Morgan fingerprint density at radius 2 is 1.42 bits per heavy atom. The third kappa shape index (κ3) is 2.71. The Hall–Kier alpha value is -2.21. The van der Waals surface area contributed by atoms with Gasteiger partial charge >= 0.3 is 0 Å². The summed E-state index contributed by atoms with van der Waals surface area (Å²) in [5.74, 6) is 1.01. The van der Waals surface area contributed by atoms with Crippen molar-refractivity contribution in [1.82, 2.24) is 15.0 Å². The molecule has 0 aliphatic carbocycles. The molecule has 0 bridgehead atoms. The molecule has 1 saturated heterocycles. The molecule has 1 fully saturated rings. The lowest BCUT2D eigenvalue weighted by Crippen LogP contribution is -2.47. The van der Waals surface area contributed by atoms with E-state index in [0.717, 1.165) is 59.5 Å². The zero-order valence-corrected chi connectivity index (χ0v) is 15.1. The third-order valence-corrected chi connectivity index (χ3v) is 5.72. The second-order valence-corrected chi connectivity index (χ2v) is 7.42. The molecule has 0 unspecified atom stereocenters. The van der Waals surface area contributed by atoms with Gasteiger partial charge in [-0.2, -0.15) is 0 Å². The summed E-state index contributed by atoms with van der Waals surface area (Å²) < 4.78 is 0. The number of piperazine rings is 1. The van der Waals surface area contributed by atoms with Crippen LogP contribution in [0.5, 0.6) is 0 Å². The number of aromatic nitrogens is 3. The predicted molar refractivity (Wildman–Crippen MR) is 100 cm³/mol. The molecule has 0 atom stereocenters. The van der Waals surface area contributed by atoms with Crippen molar-refractivity contribution in [1.29, 1.82) is 0 Å². The van der Waals surface area contributed by atoms with Crippen LogP contribution in [-0.2, 0) is 0 Å². The van der Waals surface area contributed by atoms with Crippen molar-refractivity contribution < 1.29 is 0 Å². The maximum absolute atomic E-state index is 4.85. The number of aryl methyl sites for hydroxylation is 3. The molecule has 24 heavy (non-hydrogen) atoms. The standard InChI is InChI=1S/C18H21N5S/c1-12-14(3)24-18(20-12)23-10-8-22(9-11-23)17-13(2)19-15-6-4-5-7-16(15)21-17/h4-7H,8-11H2,1-3H3. The molecular weight excluding hydrogens is 318 g/mol. The minimum atomic E-state index is 0.950. The fourth-order valence-electron chi connectivity index (χ4n) is 3.08. The lowest BCUT2D eigenvalue weighted by molar-refractivity contribution is 0.644. The van der Waals surface area contributed by atoms with Crippen LogP contribution in [0.25, 0.3) is 11.0 Å². The summed E-state index contributed by atoms with van der Waals surface area (Å²) in [6.45, 7) is 10.1. The van der Waals surface area contributed by atoms with E-state index >= 15 is 0 Å². The van der Waals surface area contributed by atoms with Gasteiger partial charge < -0.3 is 9.80 Å². The molecule has 0 saturated carbocycles. The second kappa shape index (κ2) is 6.02. The monoisotopic (exact) mass is 339 g/mol. The van der Waals surface area contributed by atoms with Gasteiger partial charge in [-0.15, -0.1) is 11.3 Å². The van der Waals surface area contributed by atoms with Crippen LogP contribution in [0.1, 0.15) is 16.3 Å². The molecule has 0 spiro atoms. The smallest absolute Gasteiger partial charge is 0.185 e. The largest absolute Gasteiger partial charge is 0.352 e. The highest BCUT2D eigenvalue weighted by atomic mass is 32.1. The first-order valence-electron chi connectivity index (χ1n) is 8.29. The number of thiazole rings is 1. The Balaban J connectivity index is 1.54. The zero-order valence-electron chi connectivity index (χ0n) is 14.3. The van der Waals surface area contributed by atoms with E-state index in [1.54, 1.807) is 11.3 Å². The van der Waals surface area contributed by atoms with Gasteiger partial charge in [-0.05, 0) is 32.9 Å². The molecule has 6 heteroatoms. The van der Waals surface area contributed by atoms with Crippen LogP contribution < -0.4 is 9.80 Å². The predicted octanol–water partition coefficient (Wildman–Crippen LogP) is 3.34. The number of para-hydroxylation sites is 2. The first kappa shape index (κ1) is 15.3. The number of rotatable bonds is 2. The van der Waals surface area contributed by atoms with E-state index < -0.39 is 0 Å². The summed E-state index contributed by atoms with van der Waals surface area (Å²) in [6.07, 6.45) is 0. The Morgan fingerprint density at radius 3 is 2.04 bits per heavy atom. The van der Waals surface area contributed by atoms with E-state index in [1.165, 1.54) is 4.88 Å². The molecular formula is C18H21N5S. The van der Waals surface area contributed by atoms with Gasteiger partial charge in [0.05, 0.1) is 22.4 Å². The molecule has 3 aromatic rings. The molecule has 3 heterocycles.